The van der Waals surface area contributed by atoms with Gasteiger partial charge in [0, 0.05) is 25.5 Å². The standard InChI is InChI=1S/C18H23N3O/c1-3-4-9-20-18(22)16-10-17(13-19-11-16)21-12-15-8-6-5-7-14(15)2/h5-8,10-11,13,21H,3-4,9,12H2,1-2H3,(H,20,22). The predicted octanol–water partition coefficient (Wildman–Crippen LogP) is 3.53. The van der Waals surface area contributed by atoms with Gasteiger partial charge in [-0.15, -0.1) is 0 Å². The van der Waals surface area contributed by atoms with Gasteiger partial charge in [0.25, 0.3) is 5.91 Å². The smallest absolute Gasteiger partial charge is 0.252 e. The molecule has 0 unspecified atom stereocenters. The number of hydrogen-bond acceptors (Lipinski definition) is 3. The van der Waals surface area contributed by atoms with Crippen LogP contribution in [0.4, 0.5) is 5.69 Å². The molecule has 4 nitrogen and oxygen atoms in total. The Hall–Kier alpha value is -2.36. The van der Waals surface area contributed by atoms with Crippen molar-refractivity contribution in [1.29, 1.82) is 0 Å². The van der Waals surface area contributed by atoms with Gasteiger partial charge in [0.1, 0.15) is 0 Å². The minimum Gasteiger partial charge on any atom is -0.380 e. The summed E-state index contributed by atoms with van der Waals surface area (Å²) in [6.45, 7) is 5.61. The molecule has 0 fully saturated rings. The second-order valence-electron chi connectivity index (χ2n) is 5.35. The SMILES string of the molecule is CCCCNC(=O)c1cncc(NCc2ccccc2C)c1. The number of nitrogens with zero attached hydrogens (tertiary/aromatic N) is 1. The van der Waals surface area contributed by atoms with E-state index in [1.54, 1.807) is 12.4 Å². The zero-order valence-electron chi connectivity index (χ0n) is 13.2. The van der Waals surface area contributed by atoms with Gasteiger partial charge < -0.3 is 10.6 Å². The lowest BCUT2D eigenvalue weighted by molar-refractivity contribution is 0.0953. The average molecular weight is 297 g/mol. The minimum atomic E-state index is -0.0690. The lowest BCUT2D eigenvalue weighted by Gasteiger charge is -2.10. The zero-order chi connectivity index (χ0) is 15.8. The maximum absolute atomic E-state index is 12.0. The Kier molecular flexibility index (Phi) is 5.95. The van der Waals surface area contributed by atoms with Gasteiger partial charge in [0.15, 0.2) is 0 Å². The molecule has 0 saturated heterocycles. The van der Waals surface area contributed by atoms with E-state index in [1.165, 1.54) is 11.1 Å². The summed E-state index contributed by atoms with van der Waals surface area (Å²) in [6, 6.07) is 10.1. The number of rotatable bonds is 7. The molecule has 116 valence electrons. The second-order valence-corrected chi connectivity index (χ2v) is 5.35. The second kappa shape index (κ2) is 8.17. The van der Waals surface area contributed by atoms with Crippen LogP contribution in [0.15, 0.2) is 42.7 Å². The Labute approximate surface area is 132 Å². The van der Waals surface area contributed by atoms with Crippen molar-refractivity contribution in [1.82, 2.24) is 10.3 Å². The van der Waals surface area contributed by atoms with Crippen molar-refractivity contribution in [2.45, 2.75) is 33.2 Å². The minimum absolute atomic E-state index is 0.0690. The van der Waals surface area contributed by atoms with Gasteiger partial charge in [-0.05, 0) is 30.5 Å². The molecule has 0 aliphatic carbocycles. The number of hydrogen-bond donors (Lipinski definition) is 2. The maximum atomic E-state index is 12.0. The molecule has 22 heavy (non-hydrogen) atoms. The summed E-state index contributed by atoms with van der Waals surface area (Å²) in [5, 5.41) is 6.23. The highest BCUT2D eigenvalue weighted by molar-refractivity contribution is 5.94. The number of carbonyl (C=O) groups is 1. The summed E-state index contributed by atoms with van der Waals surface area (Å²) in [4.78, 5) is 16.2. The van der Waals surface area contributed by atoms with Crippen LogP contribution in [-0.2, 0) is 6.54 Å². The number of aromatic nitrogens is 1. The third-order valence-electron chi connectivity index (χ3n) is 3.56. The first-order valence-electron chi connectivity index (χ1n) is 7.72. The van der Waals surface area contributed by atoms with Gasteiger partial charge >= 0.3 is 0 Å². The number of pyridine rings is 1. The van der Waals surface area contributed by atoms with Gasteiger partial charge in [-0.25, -0.2) is 0 Å². The highest BCUT2D eigenvalue weighted by atomic mass is 16.1. The molecule has 2 N–H and O–H groups in total. The summed E-state index contributed by atoms with van der Waals surface area (Å²) in [7, 11) is 0. The molecule has 4 heteroatoms. The van der Waals surface area contributed by atoms with E-state index in [0.717, 1.165) is 25.1 Å². The first-order valence-corrected chi connectivity index (χ1v) is 7.72. The molecule has 0 aliphatic rings. The van der Waals surface area contributed by atoms with Crippen LogP contribution in [0.1, 0.15) is 41.3 Å². The fraction of sp³-hybridized carbons (Fsp3) is 0.333. The van der Waals surface area contributed by atoms with Crippen LogP contribution in [-0.4, -0.2) is 17.4 Å². The quantitative estimate of drug-likeness (QED) is 0.769. The Morgan fingerprint density at radius 3 is 2.82 bits per heavy atom. The maximum Gasteiger partial charge on any atom is 0.252 e. The predicted molar refractivity (Wildman–Crippen MR) is 90.0 cm³/mol. The van der Waals surface area contributed by atoms with Gasteiger partial charge in [-0.1, -0.05) is 37.6 Å². The average Bonchev–Trinajstić information content (AvgIpc) is 2.54. The molecule has 0 atom stereocenters. The number of benzene rings is 1. The largest absolute Gasteiger partial charge is 0.380 e. The fourth-order valence-electron chi connectivity index (χ4n) is 2.15. The molecule has 1 aromatic carbocycles. The number of amides is 1. The highest BCUT2D eigenvalue weighted by Crippen LogP contribution is 2.12. The third-order valence-corrected chi connectivity index (χ3v) is 3.56. The van der Waals surface area contributed by atoms with E-state index < -0.39 is 0 Å². The number of nitrogens with one attached hydrogen (secondary N) is 2. The Balaban J connectivity index is 1.96. The van der Waals surface area contributed by atoms with E-state index in [1.807, 2.05) is 18.2 Å². The van der Waals surface area contributed by atoms with Crippen molar-refractivity contribution in [3.63, 3.8) is 0 Å². The van der Waals surface area contributed by atoms with Crippen LogP contribution in [0.5, 0.6) is 0 Å². The van der Waals surface area contributed by atoms with Gasteiger partial charge in [0.05, 0.1) is 11.3 Å². The molecular weight excluding hydrogens is 274 g/mol. The summed E-state index contributed by atoms with van der Waals surface area (Å²) in [5.74, 6) is -0.0690. The zero-order valence-corrected chi connectivity index (χ0v) is 13.2. The van der Waals surface area contributed by atoms with Crippen LogP contribution in [0.2, 0.25) is 0 Å². The van der Waals surface area contributed by atoms with E-state index in [9.17, 15) is 4.79 Å². The van der Waals surface area contributed by atoms with Crippen molar-refractivity contribution < 1.29 is 4.79 Å². The fourth-order valence-corrected chi connectivity index (χ4v) is 2.15. The summed E-state index contributed by atoms with van der Waals surface area (Å²) < 4.78 is 0. The van der Waals surface area contributed by atoms with Crippen LogP contribution in [0.3, 0.4) is 0 Å². The van der Waals surface area contributed by atoms with Crippen molar-refractivity contribution in [2.24, 2.45) is 0 Å². The van der Waals surface area contributed by atoms with Gasteiger partial charge in [-0.3, -0.25) is 9.78 Å². The van der Waals surface area contributed by atoms with Crippen molar-refractivity contribution in [3.05, 3.63) is 59.4 Å². The third kappa shape index (κ3) is 4.58. The lowest BCUT2D eigenvalue weighted by Crippen LogP contribution is -2.24. The Morgan fingerprint density at radius 2 is 2.05 bits per heavy atom. The highest BCUT2D eigenvalue weighted by Gasteiger charge is 2.06. The van der Waals surface area contributed by atoms with Gasteiger partial charge in [-0.2, -0.15) is 0 Å². The summed E-state index contributed by atoms with van der Waals surface area (Å²) >= 11 is 0. The summed E-state index contributed by atoms with van der Waals surface area (Å²) in [5.41, 5.74) is 3.93. The number of carbonyl (C=O) groups excluding carboxylic acids is 1. The van der Waals surface area contributed by atoms with Crippen LogP contribution >= 0.6 is 0 Å². The van der Waals surface area contributed by atoms with E-state index >= 15 is 0 Å². The summed E-state index contributed by atoms with van der Waals surface area (Å²) in [6.07, 6.45) is 5.39. The van der Waals surface area contributed by atoms with E-state index in [0.29, 0.717) is 12.1 Å². The van der Waals surface area contributed by atoms with E-state index in [4.69, 9.17) is 0 Å². The molecule has 1 amide bonds. The molecule has 0 bridgehead atoms. The lowest BCUT2D eigenvalue weighted by atomic mass is 10.1. The molecule has 0 aliphatic heterocycles. The molecule has 0 saturated carbocycles. The van der Waals surface area contributed by atoms with Crippen LogP contribution in [0, 0.1) is 6.92 Å². The molecule has 2 aromatic rings. The first-order chi connectivity index (χ1) is 10.7. The molecule has 0 spiro atoms. The van der Waals surface area contributed by atoms with Gasteiger partial charge in [0.2, 0.25) is 0 Å². The number of anilines is 1. The molecule has 0 radical (unpaired) electrons. The Bertz CT molecular complexity index is 625. The number of aryl methyl sites for hydroxylation is 1. The Morgan fingerprint density at radius 1 is 1.23 bits per heavy atom. The molecule has 2 rings (SSSR count). The van der Waals surface area contributed by atoms with Crippen LogP contribution in [0.25, 0.3) is 0 Å². The monoisotopic (exact) mass is 297 g/mol. The van der Waals surface area contributed by atoms with Crippen molar-refractivity contribution in [2.75, 3.05) is 11.9 Å². The van der Waals surface area contributed by atoms with E-state index in [-0.39, 0.29) is 5.91 Å². The van der Waals surface area contributed by atoms with Crippen molar-refractivity contribution in [3.8, 4) is 0 Å². The normalized spacial score (nSPS) is 10.3. The molecule has 1 heterocycles. The van der Waals surface area contributed by atoms with E-state index in [2.05, 4.69) is 41.6 Å². The topological polar surface area (TPSA) is 54.0 Å². The molecule has 1 aromatic heterocycles. The van der Waals surface area contributed by atoms with Crippen LogP contribution < -0.4 is 10.6 Å². The first kappa shape index (κ1) is 16.0. The van der Waals surface area contributed by atoms with Crippen molar-refractivity contribution >= 4 is 11.6 Å². The molecular formula is C18H23N3O. The number of unbranched alkanes of at least 4 members (excludes halogenated alkanes) is 1.